The standard InChI is InChI=1S/C14H10F3N5O3/c15-14(16,17)5-19-13(24)7-4-8(9-2-1-3-25-9)22-6-20-10(11(18)23)12(22)21-7/h1-4,6H,5H2,(H2,18,23)(H,19,24). The number of primary amides is 1. The van der Waals surface area contributed by atoms with Crippen LogP contribution in [0, 0.1) is 0 Å². The highest BCUT2D eigenvalue weighted by Gasteiger charge is 2.28. The van der Waals surface area contributed by atoms with Crippen molar-refractivity contribution < 1.29 is 27.2 Å². The number of rotatable bonds is 4. The maximum atomic E-state index is 12.3. The Hall–Kier alpha value is -3.37. The van der Waals surface area contributed by atoms with Crippen molar-refractivity contribution in [3.63, 3.8) is 0 Å². The summed E-state index contributed by atoms with van der Waals surface area (Å²) in [4.78, 5) is 31.2. The van der Waals surface area contributed by atoms with Crippen LogP contribution in [0.25, 0.3) is 17.1 Å². The Labute approximate surface area is 137 Å². The third-order valence-corrected chi connectivity index (χ3v) is 3.19. The number of furan rings is 1. The fourth-order valence-electron chi connectivity index (χ4n) is 2.15. The Bertz CT molecular complexity index is 947. The normalized spacial score (nSPS) is 11.6. The number of nitrogens with zero attached hydrogens (tertiary/aromatic N) is 3. The number of carbonyl (C=O) groups excluding carboxylic acids is 2. The lowest BCUT2D eigenvalue weighted by Gasteiger charge is -2.10. The van der Waals surface area contributed by atoms with E-state index in [1.807, 2.05) is 0 Å². The van der Waals surface area contributed by atoms with Gasteiger partial charge in [0.25, 0.3) is 11.8 Å². The van der Waals surface area contributed by atoms with Gasteiger partial charge in [0, 0.05) is 0 Å². The Morgan fingerprint density at radius 1 is 1.36 bits per heavy atom. The number of halogens is 3. The van der Waals surface area contributed by atoms with E-state index in [1.54, 1.807) is 17.4 Å². The van der Waals surface area contributed by atoms with Gasteiger partial charge in [-0.15, -0.1) is 0 Å². The van der Waals surface area contributed by atoms with E-state index in [1.165, 1.54) is 23.1 Å². The van der Waals surface area contributed by atoms with Crippen LogP contribution >= 0.6 is 0 Å². The summed E-state index contributed by atoms with van der Waals surface area (Å²) in [5.74, 6) is -1.66. The van der Waals surface area contributed by atoms with Gasteiger partial charge in [-0.2, -0.15) is 13.2 Å². The van der Waals surface area contributed by atoms with Gasteiger partial charge in [0.05, 0.1) is 12.0 Å². The van der Waals surface area contributed by atoms with Gasteiger partial charge >= 0.3 is 6.18 Å². The molecule has 0 radical (unpaired) electrons. The number of hydrogen-bond acceptors (Lipinski definition) is 5. The SMILES string of the molecule is NC(=O)c1ncn2c(-c3ccco3)cc(C(=O)NCC(F)(F)F)nc12. The van der Waals surface area contributed by atoms with Crippen molar-refractivity contribution in [3.8, 4) is 11.5 Å². The molecule has 2 amide bonds. The van der Waals surface area contributed by atoms with Crippen molar-refractivity contribution in [2.24, 2.45) is 5.73 Å². The molecule has 3 N–H and O–H groups in total. The highest BCUT2D eigenvalue weighted by molar-refractivity contribution is 5.99. The zero-order chi connectivity index (χ0) is 18.2. The third kappa shape index (κ3) is 3.29. The zero-order valence-corrected chi connectivity index (χ0v) is 12.4. The number of alkyl halides is 3. The zero-order valence-electron chi connectivity index (χ0n) is 12.4. The van der Waals surface area contributed by atoms with Crippen LogP contribution in [0.1, 0.15) is 21.0 Å². The summed E-state index contributed by atoms with van der Waals surface area (Å²) in [5.41, 5.74) is 4.84. The van der Waals surface area contributed by atoms with Crippen LogP contribution in [0.4, 0.5) is 13.2 Å². The van der Waals surface area contributed by atoms with Gasteiger partial charge in [-0.25, -0.2) is 9.97 Å². The lowest BCUT2D eigenvalue weighted by molar-refractivity contribution is -0.123. The van der Waals surface area contributed by atoms with Crippen molar-refractivity contribution in [2.75, 3.05) is 6.54 Å². The number of fused-ring (bicyclic) bond motifs is 1. The molecule has 3 aromatic heterocycles. The summed E-state index contributed by atoms with van der Waals surface area (Å²) in [6.07, 6.45) is -1.95. The van der Waals surface area contributed by atoms with Crippen molar-refractivity contribution >= 4 is 17.5 Å². The molecule has 0 fully saturated rings. The number of nitrogens with one attached hydrogen (secondary N) is 1. The van der Waals surface area contributed by atoms with E-state index in [-0.39, 0.29) is 22.7 Å². The fraction of sp³-hybridized carbons (Fsp3) is 0.143. The van der Waals surface area contributed by atoms with Crippen LogP contribution in [0.15, 0.2) is 35.2 Å². The van der Waals surface area contributed by atoms with Gasteiger partial charge in [0.15, 0.2) is 17.1 Å². The van der Waals surface area contributed by atoms with Gasteiger partial charge < -0.3 is 15.5 Å². The van der Waals surface area contributed by atoms with Crippen molar-refractivity contribution in [1.82, 2.24) is 19.7 Å². The van der Waals surface area contributed by atoms with Crippen LogP contribution in [0.2, 0.25) is 0 Å². The molecule has 3 heterocycles. The minimum Gasteiger partial charge on any atom is -0.463 e. The van der Waals surface area contributed by atoms with Gasteiger partial charge in [0.1, 0.15) is 18.6 Å². The summed E-state index contributed by atoms with van der Waals surface area (Å²) in [5, 5.41) is 1.71. The topological polar surface area (TPSA) is 116 Å². The molecule has 3 rings (SSSR count). The van der Waals surface area contributed by atoms with E-state index in [0.717, 1.165) is 0 Å². The Balaban J connectivity index is 2.11. The minimum atomic E-state index is -4.57. The maximum absolute atomic E-state index is 12.3. The molecule has 0 saturated carbocycles. The summed E-state index contributed by atoms with van der Waals surface area (Å²) >= 11 is 0. The Kier molecular flexibility index (Phi) is 3.91. The van der Waals surface area contributed by atoms with E-state index < -0.39 is 24.5 Å². The highest BCUT2D eigenvalue weighted by Crippen LogP contribution is 2.23. The fourth-order valence-corrected chi connectivity index (χ4v) is 2.15. The molecular formula is C14H10F3N5O3. The second kappa shape index (κ2) is 5.92. The molecule has 0 aliphatic carbocycles. The summed E-state index contributed by atoms with van der Waals surface area (Å²) in [6.45, 7) is -1.52. The van der Waals surface area contributed by atoms with E-state index in [0.29, 0.717) is 5.76 Å². The van der Waals surface area contributed by atoms with E-state index >= 15 is 0 Å². The number of hydrogen-bond donors (Lipinski definition) is 2. The summed E-state index contributed by atoms with van der Waals surface area (Å²) in [7, 11) is 0. The molecule has 0 spiro atoms. The Morgan fingerprint density at radius 2 is 2.12 bits per heavy atom. The smallest absolute Gasteiger partial charge is 0.405 e. The first-order valence-corrected chi connectivity index (χ1v) is 6.83. The molecule has 3 aromatic rings. The van der Waals surface area contributed by atoms with Gasteiger partial charge in [-0.1, -0.05) is 0 Å². The predicted octanol–water partition coefficient (Wildman–Crippen LogP) is 1.38. The second-order valence-corrected chi connectivity index (χ2v) is 4.95. The van der Waals surface area contributed by atoms with Crippen molar-refractivity contribution in [1.29, 1.82) is 0 Å². The summed E-state index contributed by atoms with van der Waals surface area (Å²) in [6, 6.07) is 4.37. The third-order valence-electron chi connectivity index (χ3n) is 3.19. The van der Waals surface area contributed by atoms with Crippen molar-refractivity contribution in [2.45, 2.75) is 6.18 Å². The average Bonchev–Trinajstić information content (AvgIpc) is 3.19. The van der Waals surface area contributed by atoms with E-state index in [2.05, 4.69) is 9.97 Å². The minimum absolute atomic E-state index is 0.0708. The quantitative estimate of drug-likeness (QED) is 0.735. The molecule has 0 saturated heterocycles. The number of imidazole rings is 1. The number of amides is 2. The molecule has 0 unspecified atom stereocenters. The molecule has 0 bridgehead atoms. The summed E-state index contributed by atoms with van der Waals surface area (Å²) < 4.78 is 43.4. The van der Waals surface area contributed by atoms with Crippen LogP contribution in [-0.2, 0) is 0 Å². The molecule has 0 aliphatic heterocycles. The maximum Gasteiger partial charge on any atom is 0.405 e. The number of aromatic nitrogens is 3. The van der Waals surface area contributed by atoms with E-state index in [9.17, 15) is 22.8 Å². The van der Waals surface area contributed by atoms with Crippen molar-refractivity contribution in [3.05, 3.63) is 42.2 Å². The largest absolute Gasteiger partial charge is 0.463 e. The average molecular weight is 353 g/mol. The molecule has 0 aliphatic rings. The highest BCUT2D eigenvalue weighted by atomic mass is 19.4. The lowest BCUT2D eigenvalue weighted by atomic mass is 10.2. The molecular weight excluding hydrogens is 343 g/mol. The van der Waals surface area contributed by atoms with Gasteiger partial charge in [-0.3, -0.25) is 14.0 Å². The Morgan fingerprint density at radius 3 is 2.72 bits per heavy atom. The molecule has 8 nitrogen and oxygen atoms in total. The molecule has 11 heteroatoms. The van der Waals surface area contributed by atoms with Crippen LogP contribution < -0.4 is 11.1 Å². The molecule has 130 valence electrons. The molecule has 25 heavy (non-hydrogen) atoms. The first kappa shape index (κ1) is 16.5. The van der Waals surface area contributed by atoms with Gasteiger partial charge in [-0.05, 0) is 18.2 Å². The van der Waals surface area contributed by atoms with E-state index in [4.69, 9.17) is 10.2 Å². The second-order valence-electron chi connectivity index (χ2n) is 4.95. The predicted molar refractivity (Wildman–Crippen MR) is 77.6 cm³/mol. The number of carbonyl (C=O) groups is 2. The van der Waals surface area contributed by atoms with Gasteiger partial charge in [0.2, 0.25) is 0 Å². The number of nitrogens with two attached hydrogens (primary N) is 1. The molecule has 0 aromatic carbocycles. The van der Waals surface area contributed by atoms with Crippen LogP contribution in [0.5, 0.6) is 0 Å². The lowest BCUT2D eigenvalue weighted by Crippen LogP contribution is -2.34. The van der Waals surface area contributed by atoms with Crippen LogP contribution in [0.3, 0.4) is 0 Å². The monoisotopic (exact) mass is 353 g/mol. The molecule has 0 atom stereocenters. The first-order chi connectivity index (χ1) is 11.8. The first-order valence-electron chi connectivity index (χ1n) is 6.83. The van der Waals surface area contributed by atoms with Crippen LogP contribution in [-0.4, -0.2) is 38.9 Å².